The molecule has 2 rings (SSSR count). The number of amides is 1. The van der Waals surface area contributed by atoms with Crippen molar-refractivity contribution in [2.45, 2.75) is 13.0 Å². The molecule has 6 nitrogen and oxygen atoms in total. The molecule has 6 heteroatoms. The van der Waals surface area contributed by atoms with Crippen LogP contribution in [-0.2, 0) is 4.79 Å². The Hall–Kier alpha value is -2.24. The molecule has 1 aromatic rings. The highest BCUT2D eigenvalue weighted by Gasteiger charge is 2.16. The zero-order valence-electron chi connectivity index (χ0n) is 9.76. The van der Waals surface area contributed by atoms with Crippen LogP contribution in [0, 0.1) is 0 Å². The predicted molar refractivity (Wildman–Crippen MR) is 59.4 cm³/mol. The van der Waals surface area contributed by atoms with Crippen LogP contribution in [0.25, 0.3) is 0 Å². The van der Waals surface area contributed by atoms with Crippen LogP contribution in [0.5, 0.6) is 11.5 Å². The van der Waals surface area contributed by atoms with Crippen LogP contribution in [0.2, 0.25) is 0 Å². The second-order valence-electron chi connectivity index (χ2n) is 3.87. The minimum absolute atomic E-state index is 0.312. The van der Waals surface area contributed by atoms with E-state index in [1.165, 1.54) is 13.0 Å². The lowest BCUT2D eigenvalue weighted by molar-refractivity contribution is -0.307. The highest BCUT2D eigenvalue weighted by molar-refractivity contribution is 5.96. The third-order valence-electron chi connectivity index (χ3n) is 2.51. The summed E-state index contributed by atoms with van der Waals surface area (Å²) in [7, 11) is 0. The van der Waals surface area contributed by atoms with Crippen LogP contribution in [0.15, 0.2) is 18.2 Å². The van der Waals surface area contributed by atoms with E-state index in [0.29, 0.717) is 30.3 Å². The SMILES string of the molecule is C[C@@H](NC(=O)c1ccc2c(c1)OCCO2)C(=O)[O-]. The van der Waals surface area contributed by atoms with E-state index >= 15 is 0 Å². The molecule has 0 fully saturated rings. The van der Waals surface area contributed by atoms with Gasteiger partial charge in [-0.15, -0.1) is 0 Å². The highest BCUT2D eigenvalue weighted by Crippen LogP contribution is 2.30. The van der Waals surface area contributed by atoms with Gasteiger partial charge in [0.2, 0.25) is 0 Å². The molecule has 1 aliphatic rings. The summed E-state index contributed by atoms with van der Waals surface area (Å²) < 4.78 is 10.6. The van der Waals surface area contributed by atoms with Gasteiger partial charge in [-0.2, -0.15) is 0 Å². The third kappa shape index (κ3) is 2.53. The topological polar surface area (TPSA) is 87.7 Å². The Balaban J connectivity index is 2.13. The summed E-state index contributed by atoms with van der Waals surface area (Å²) in [4.78, 5) is 22.3. The fraction of sp³-hybridized carbons (Fsp3) is 0.333. The summed E-state index contributed by atoms with van der Waals surface area (Å²) in [5.41, 5.74) is 0.312. The largest absolute Gasteiger partial charge is 0.548 e. The number of aliphatic carboxylic acids is 1. The van der Waals surface area contributed by atoms with Crippen LogP contribution in [0.3, 0.4) is 0 Å². The minimum atomic E-state index is -1.33. The molecule has 0 aliphatic carbocycles. The Morgan fingerprint density at radius 1 is 1.28 bits per heavy atom. The van der Waals surface area contributed by atoms with Crippen LogP contribution in [0.1, 0.15) is 17.3 Å². The monoisotopic (exact) mass is 250 g/mol. The molecule has 1 N–H and O–H groups in total. The fourth-order valence-electron chi connectivity index (χ4n) is 1.52. The number of fused-ring (bicyclic) bond motifs is 1. The Morgan fingerprint density at radius 3 is 2.61 bits per heavy atom. The first-order valence-electron chi connectivity index (χ1n) is 5.49. The van der Waals surface area contributed by atoms with E-state index in [4.69, 9.17) is 9.47 Å². The lowest BCUT2D eigenvalue weighted by atomic mass is 10.1. The highest BCUT2D eigenvalue weighted by atomic mass is 16.6. The van der Waals surface area contributed by atoms with Gasteiger partial charge in [0.1, 0.15) is 13.2 Å². The third-order valence-corrected chi connectivity index (χ3v) is 2.51. The van der Waals surface area contributed by atoms with Crippen LogP contribution >= 0.6 is 0 Å². The smallest absolute Gasteiger partial charge is 0.251 e. The van der Waals surface area contributed by atoms with Gasteiger partial charge in [0.15, 0.2) is 11.5 Å². The molecule has 18 heavy (non-hydrogen) atoms. The number of carboxylic acid groups (broad SMARTS) is 1. The van der Waals surface area contributed by atoms with Crippen molar-refractivity contribution in [2.24, 2.45) is 0 Å². The van der Waals surface area contributed by atoms with Crippen molar-refractivity contribution in [1.82, 2.24) is 5.32 Å². The molecule has 0 saturated heterocycles. The lowest BCUT2D eigenvalue weighted by Crippen LogP contribution is -2.45. The van der Waals surface area contributed by atoms with Gasteiger partial charge in [0.05, 0.1) is 12.0 Å². The maximum atomic E-state index is 11.7. The molecule has 1 heterocycles. The normalized spacial score (nSPS) is 14.7. The van der Waals surface area contributed by atoms with Gasteiger partial charge in [-0.3, -0.25) is 4.79 Å². The Kier molecular flexibility index (Phi) is 3.36. The van der Waals surface area contributed by atoms with E-state index in [2.05, 4.69) is 5.32 Å². The second kappa shape index (κ2) is 4.95. The molecule has 1 amide bonds. The first-order valence-corrected chi connectivity index (χ1v) is 5.49. The summed E-state index contributed by atoms with van der Waals surface area (Å²) >= 11 is 0. The van der Waals surface area contributed by atoms with Gasteiger partial charge in [0.25, 0.3) is 5.91 Å². The summed E-state index contributed by atoms with van der Waals surface area (Å²) in [6.07, 6.45) is 0. The molecule has 1 aromatic carbocycles. The van der Waals surface area contributed by atoms with Gasteiger partial charge in [-0.05, 0) is 25.1 Å². The van der Waals surface area contributed by atoms with E-state index in [1.54, 1.807) is 12.1 Å². The lowest BCUT2D eigenvalue weighted by Gasteiger charge is -2.19. The Bertz CT molecular complexity index is 485. The number of carbonyl (C=O) groups is 2. The van der Waals surface area contributed by atoms with Gasteiger partial charge in [-0.25, -0.2) is 0 Å². The van der Waals surface area contributed by atoms with Crippen LogP contribution in [-0.4, -0.2) is 31.1 Å². The second-order valence-corrected chi connectivity index (χ2v) is 3.87. The molecule has 96 valence electrons. The summed E-state index contributed by atoms with van der Waals surface area (Å²) in [6.45, 7) is 2.24. The molecule has 1 atom stereocenters. The van der Waals surface area contributed by atoms with Crippen molar-refractivity contribution in [3.05, 3.63) is 23.8 Å². The molecule has 0 aromatic heterocycles. The van der Waals surface area contributed by atoms with Gasteiger partial charge in [-0.1, -0.05) is 0 Å². The van der Waals surface area contributed by atoms with E-state index in [1.807, 2.05) is 0 Å². The molecule has 0 unspecified atom stereocenters. The zero-order valence-corrected chi connectivity index (χ0v) is 9.76. The summed E-state index contributed by atoms with van der Waals surface area (Å²) in [5.74, 6) is -0.773. The van der Waals surface area contributed by atoms with Crippen molar-refractivity contribution < 1.29 is 24.2 Å². The number of hydrogen-bond donors (Lipinski definition) is 1. The van der Waals surface area contributed by atoms with Crippen molar-refractivity contribution in [3.8, 4) is 11.5 Å². The van der Waals surface area contributed by atoms with Crippen LogP contribution in [0.4, 0.5) is 0 Å². The fourth-order valence-corrected chi connectivity index (χ4v) is 1.52. The average molecular weight is 250 g/mol. The number of hydrogen-bond acceptors (Lipinski definition) is 5. The summed E-state index contributed by atoms with van der Waals surface area (Å²) in [5, 5.41) is 12.8. The zero-order chi connectivity index (χ0) is 13.1. The van der Waals surface area contributed by atoms with Gasteiger partial charge in [0, 0.05) is 5.56 Å². The Morgan fingerprint density at radius 2 is 1.94 bits per heavy atom. The maximum absolute atomic E-state index is 11.7. The Labute approximate surface area is 104 Å². The summed E-state index contributed by atoms with van der Waals surface area (Å²) in [6, 6.07) is 3.63. The van der Waals surface area contributed by atoms with E-state index < -0.39 is 17.9 Å². The van der Waals surface area contributed by atoms with Crippen molar-refractivity contribution in [1.29, 1.82) is 0 Å². The van der Waals surface area contributed by atoms with Crippen molar-refractivity contribution in [2.75, 3.05) is 13.2 Å². The van der Waals surface area contributed by atoms with E-state index in [-0.39, 0.29) is 0 Å². The number of carbonyl (C=O) groups excluding carboxylic acids is 2. The first kappa shape index (κ1) is 12.2. The number of benzene rings is 1. The van der Waals surface area contributed by atoms with Crippen molar-refractivity contribution in [3.63, 3.8) is 0 Å². The van der Waals surface area contributed by atoms with Crippen LogP contribution < -0.4 is 19.9 Å². The van der Waals surface area contributed by atoms with Gasteiger partial charge < -0.3 is 24.7 Å². The molecular formula is C12H12NO5-. The number of nitrogens with one attached hydrogen (secondary N) is 1. The van der Waals surface area contributed by atoms with Crippen molar-refractivity contribution >= 4 is 11.9 Å². The minimum Gasteiger partial charge on any atom is -0.548 e. The van der Waals surface area contributed by atoms with Gasteiger partial charge >= 0.3 is 0 Å². The molecular weight excluding hydrogens is 238 g/mol. The number of ether oxygens (including phenoxy) is 2. The van der Waals surface area contributed by atoms with E-state index in [0.717, 1.165) is 0 Å². The molecule has 1 aliphatic heterocycles. The number of rotatable bonds is 3. The molecule has 0 spiro atoms. The van der Waals surface area contributed by atoms with E-state index in [9.17, 15) is 14.7 Å². The standard InChI is InChI=1S/C12H13NO5/c1-7(12(15)16)13-11(14)8-2-3-9-10(6-8)18-5-4-17-9/h2-3,6-7H,4-5H2,1H3,(H,13,14)(H,15,16)/p-1/t7-/m1/s1. The molecule has 0 saturated carbocycles. The average Bonchev–Trinajstić information content (AvgIpc) is 2.37. The quantitative estimate of drug-likeness (QED) is 0.768. The number of carboxylic acids is 1. The molecule has 0 bridgehead atoms. The predicted octanol–water partition coefficient (Wildman–Crippen LogP) is -0.674. The first-order chi connectivity index (χ1) is 8.58. The molecule has 0 radical (unpaired) electrons. The maximum Gasteiger partial charge on any atom is 0.251 e.